The first-order valence-electron chi connectivity index (χ1n) is 7.09. The van der Waals surface area contributed by atoms with Gasteiger partial charge in [-0.2, -0.15) is 18.3 Å². The van der Waals surface area contributed by atoms with Gasteiger partial charge in [0.1, 0.15) is 0 Å². The number of nitrogens with one attached hydrogen (secondary N) is 1. The van der Waals surface area contributed by atoms with Crippen LogP contribution in [0.15, 0.2) is 59.0 Å². The molecule has 0 saturated carbocycles. The van der Waals surface area contributed by atoms with Crippen LogP contribution in [0.5, 0.6) is 0 Å². The van der Waals surface area contributed by atoms with Gasteiger partial charge < -0.3 is 0 Å². The molecule has 1 N–H and O–H groups in total. The highest BCUT2D eigenvalue weighted by atomic mass is 35.5. The predicted molar refractivity (Wildman–Crippen MR) is 95.2 cm³/mol. The van der Waals surface area contributed by atoms with Crippen LogP contribution >= 0.6 is 22.9 Å². The van der Waals surface area contributed by atoms with E-state index in [1.54, 1.807) is 12.1 Å². The Kier molecular flexibility index (Phi) is 5.06. The highest BCUT2D eigenvalue weighted by molar-refractivity contribution is 7.14. The summed E-state index contributed by atoms with van der Waals surface area (Å²) in [5.41, 5.74) is 4.35. The van der Waals surface area contributed by atoms with Crippen molar-refractivity contribution >= 4 is 34.3 Å². The molecule has 0 fully saturated rings. The number of hydrogen-bond acceptors (Lipinski definition) is 4. The van der Waals surface area contributed by atoms with Crippen molar-refractivity contribution in [2.24, 2.45) is 5.10 Å². The van der Waals surface area contributed by atoms with Crippen molar-refractivity contribution in [1.82, 2.24) is 4.98 Å². The van der Waals surface area contributed by atoms with E-state index in [1.807, 2.05) is 17.5 Å². The number of alkyl halides is 3. The molecule has 0 unspecified atom stereocenters. The number of hydrogen-bond donors (Lipinski definition) is 1. The molecule has 8 heteroatoms. The molecule has 0 atom stereocenters. The van der Waals surface area contributed by atoms with Gasteiger partial charge in [0.25, 0.3) is 0 Å². The molecular formula is C17H11ClF3N3S. The van der Waals surface area contributed by atoms with Gasteiger partial charge in [0.05, 0.1) is 17.5 Å². The summed E-state index contributed by atoms with van der Waals surface area (Å²) in [6.07, 6.45) is -2.91. The number of halogens is 4. The average Bonchev–Trinajstić information content (AvgIpc) is 3.04. The molecule has 0 aliphatic rings. The zero-order chi connectivity index (χ0) is 17.9. The number of hydrazone groups is 1. The first-order valence-corrected chi connectivity index (χ1v) is 8.35. The van der Waals surface area contributed by atoms with Gasteiger partial charge in [0.2, 0.25) is 5.13 Å². The monoisotopic (exact) mass is 381 g/mol. The maximum absolute atomic E-state index is 12.5. The quantitative estimate of drug-likeness (QED) is 0.449. The van der Waals surface area contributed by atoms with Gasteiger partial charge in [-0.15, -0.1) is 11.3 Å². The van der Waals surface area contributed by atoms with Crippen molar-refractivity contribution in [3.8, 4) is 11.3 Å². The smallest absolute Gasteiger partial charge is 0.253 e. The Labute approximate surface area is 150 Å². The first kappa shape index (κ1) is 17.4. The SMILES string of the molecule is FC(F)(F)c1ccc(/C=N\Nc2nc(-c3ccc(Cl)cc3)cs2)cc1. The fourth-order valence-electron chi connectivity index (χ4n) is 2.00. The number of nitrogens with zero attached hydrogens (tertiary/aromatic N) is 2. The molecule has 0 bridgehead atoms. The van der Waals surface area contributed by atoms with E-state index >= 15 is 0 Å². The number of aromatic nitrogens is 1. The van der Waals surface area contributed by atoms with Crippen molar-refractivity contribution in [2.45, 2.75) is 6.18 Å². The Bertz CT molecular complexity index is 871. The van der Waals surface area contributed by atoms with Crippen LogP contribution in [0.1, 0.15) is 11.1 Å². The molecule has 0 amide bonds. The summed E-state index contributed by atoms with van der Waals surface area (Å²) in [6, 6.07) is 12.0. The van der Waals surface area contributed by atoms with Crippen LogP contribution in [-0.4, -0.2) is 11.2 Å². The third kappa shape index (κ3) is 4.58. The zero-order valence-electron chi connectivity index (χ0n) is 12.6. The summed E-state index contributed by atoms with van der Waals surface area (Å²) in [4.78, 5) is 4.39. The first-order chi connectivity index (χ1) is 11.9. The normalized spacial score (nSPS) is 11.8. The Balaban J connectivity index is 1.64. The number of anilines is 1. The van der Waals surface area contributed by atoms with Crippen LogP contribution in [-0.2, 0) is 6.18 Å². The average molecular weight is 382 g/mol. The minimum absolute atomic E-state index is 0.551. The van der Waals surface area contributed by atoms with E-state index in [4.69, 9.17) is 11.6 Å². The van der Waals surface area contributed by atoms with E-state index in [-0.39, 0.29) is 0 Å². The lowest BCUT2D eigenvalue weighted by Gasteiger charge is -2.05. The van der Waals surface area contributed by atoms with Crippen LogP contribution in [0.25, 0.3) is 11.3 Å². The van der Waals surface area contributed by atoms with Gasteiger partial charge in [-0.05, 0) is 29.8 Å². The van der Waals surface area contributed by atoms with E-state index in [9.17, 15) is 13.2 Å². The number of benzene rings is 2. The third-order valence-electron chi connectivity index (χ3n) is 3.26. The van der Waals surface area contributed by atoms with Crippen molar-refractivity contribution in [3.63, 3.8) is 0 Å². The van der Waals surface area contributed by atoms with Crippen molar-refractivity contribution in [3.05, 3.63) is 70.1 Å². The molecule has 3 aromatic rings. The lowest BCUT2D eigenvalue weighted by atomic mass is 10.1. The number of rotatable bonds is 4. The van der Waals surface area contributed by atoms with Crippen LogP contribution in [0.2, 0.25) is 5.02 Å². The summed E-state index contributed by atoms with van der Waals surface area (Å²) in [6.45, 7) is 0. The molecule has 128 valence electrons. The second kappa shape index (κ2) is 7.25. The summed E-state index contributed by atoms with van der Waals surface area (Å²) in [7, 11) is 0. The van der Waals surface area contributed by atoms with Crippen molar-refractivity contribution < 1.29 is 13.2 Å². The molecule has 0 aliphatic carbocycles. The molecule has 25 heavy (non-hydrogen) atoms. The molecule has 3 nitrogen and oxygen atoms in total. The van der Waals surface area contributed by atoms with Crippen molar-refractivity contribution in [1.29, 1.82) is 0 Å². The fraction of sp³-hybridized carbons (Fsp3) is 0.0588. The summed E-state index contributed by atoms with van der Waals surface area (Å²) in [5.74, 6) is 0. The molecule has 0 spiro atoms. The highest BCUT2D eigenvalue weighted by Gasteiger charge is 2.29. The van der Waals surface area contributed by atoms with E-state index in [2.05, 4.69) is 15.5 Å². The van der Waals surface area contributed by atoms with E-state index in [0.29, 0.717) is 15.7 Å². The summed E-state index contributed by atoms with van der Waals surface area (Å²) >= 11 is 7.23. The Morgan fingerprint density at radius 3 is 2.36 bits per heavy atom. The molecule has 0 saturated heterocycles. The van der Waals surface area contributed by atoms with Gasteiger partial charge in [-0.1, -0.05) is 35.9 Å². The zero-order valence-corrected chi connectivity index (χ0v) is 14.2. The lowest BCUT2D eigenvalue weighted by molar-refractivity contribution is -0.137. The van der Waals surface area contributed by atoms with Crippen LogP contribution in [0, 0.1) is 0 Å². The minimum atomic E-state index is -4.34. The lowest BCUT2D eigenvalue weighted by Crippen LogP contribution is -2.04. The summed E-state index contributed by atoms with van der Waals surface area (Å²) in [5, 5.41) is 7.10. The third-order valence-corrected chi connectivity index (χ3v) is 4.25. The van der Waals surface area contributed by atoms with E-state index in [1.165, 1.54) is 29.7 Å². The van der Waals surface area contributed by atoms with Gasteiger partial charge in [-0.3, -0.25) is 5.43 Å². The second-order valence-corrected chi connectivity index (χ2v) is 6.33. The van der Waals surface area contributed by atoms with Gasteiger partial charge >= 0.3 is 6.18 Å². The van der Waals surface area contributed by atoms with E-state index < -0.39 is 11.7 Å². The van der Waals surface area contributed by atoms with Crippen molar-refractivity contribution in [2.75, 3.05) is 5.43 Å². The Hall–Kier alpha value is -2.38. The Morgan fingerprint density at radius 2 is 1.72 bits per heavy atom. The minimum Gasteiger partial charge on any atom is -0.253 e. The topological polar surface area (TPSA) is 37.3 Å². The fourth-order valence-corrected chi connectivity index (χ4v) is 2.79. The van der Waals surface area contributed by atoms with Crippen LogP contribution in [0.4, 0.5) is 18.3 Å². The standard InChI is InChI=1S/C17H11ClF3N3S/c18-14-7-3-12(4-8-14)15-10-25-16(23-15)24-22-9-11-1-5-13(6-2-11)17(19,20)21/h1-10H,(H,23,24)/b22-9-. The van der Waals surface area contributed by atoms with Crippen LogP contribution < -0.4 is 5.43 Å². The molecule has 3 rings (SSSR count). The largest absolute Gasteiger partial charge is 0.416 e. The highest BCUT2D eigenvalue weighted by Crippen LogP contribution is 2.29. The second-order valence-electron chi connectivity index (χ2n) is 5.03. The molecular weight excluding hydrogens is 371 g/mol. The predicted octanol–water partition coefficient (Wildman–Crippen LogP) is 5.93. The molecule has 0 aliphatic heterocycles. The number of thiazole rings is 1. The molecule has 2 aromatic carbocycles. The Morgan fingerprint density at radius 1 is 1.04 bits per heavy atom. The summed E-state index contributed by atoms with van der Waals surface area (Å²) < 4.78 is 37.5. The van der Waals surface area contributed by atoms with Crippen LogP contribution in [0.3, 0.4) is 0 Å². The molecule has 0 radical (unpaired) electrons. The molecule has 1 heterocycles. The van der Waals surface area contributed by atoms with Gasteiger partial charge in [0.15, 0.2) is 0 Å². The van der Waals surface area contributed by atoms with Gasteiger partial charge in [-0.25, -0.2) is 4.98 Å². The van der Waals surface area contributed by atoms with Gasteiger partial charge in [0, 0.05) is 16.0 Å². The maximum atomic E-state index is 12.5. The maximum Gasteiger partial charge on any atom is 0.416 e. The molecule has 1 aromatic heterocycles. The van der Waals surface area contributed by atoms with E-state index in [0.717, 1.165) is 23.4 Å².